The smallest absolute Gasteiger partial charge is 0.252 e. The van der Waals surface area contributed by atoms with Crippen LogP contribution in [-0.4, -0.2) is 41.9 Å². The monoisotopic (exact) mass is 330 g/mol. The van der Waals surface area contributed by atoms with Gasteiger partial charge in [0.1, 0.15) is 11.9 Å². The van der Waals surface area contributed by atoms with E-state index in [4.69, 9.17) is 4.74 Å². The standard InChI is InChI=1S/C18H22N2O2S/c1-20-7-4-12(5-8-20)22-13-2-3-17-15(10-13)14-6-9-23-11-16(14)18(21)19-17/h2-3,10,12H,4-9,11H2,1H3,(H,19,21). The van der Waals surface area contributed by atoms with Gasteiger partial charge in [-0.2, -0.15) is 11.8 Å². The van der Waals surface area contributed by atoms with Crippen LogP contribution in [0.15, 0.2) is 23.0 Å². The molecule has 4 rings (SSSR count). The second-order valence-electron chi connectivity index (χ2n) is 6.54. The van der Waals surface area contributed by atoms with E-state index in [-0.39, 0.29) is 5.56 Å². The zero-order valence-electron chi connectivity index (χ0n) is 13.4. The molecule has 2 aromatic rings. The number of ether oxygens (including phenoxy) is 1. The Kier molecular flexibility index (Phi) is 4.07. The van der Waals surface area contributed by atoms with Gasteiger partial charge in [0.2, 0.25) is 0 Å². The van der Waals surface area contributed by atoms with Crippen LogP contribution in [0.2, 0.25) is 0 Å². The number of aryl methyl sites for hydroxylation is 1. The van der Waals surface area contributed by atoms with Gasteiger partial charge in [-0.15, -0.1) is 0 Å². The van der Waals surface area contributed by atoms with Gasteiger partial charge in [-0.1, -0.05) is 0 Å². The Morgan fingerprint density at radius 2 is 2.09 bits per heavy atom. The van der Waals surface area contributed by atoms with Gasteiger partial charge in [0.05, 0.1) is 0 Å². The first-order chi connectivity index (χ1) is 11.2. The van der Waals surface area contributed by atoms with E-state index >= 15 is 0 Å². The molecule has 0 bridgehead atoms. The first kappa shape index (κ1) is 15.1. The molecular formula is C18H22N2O2S. The number of thioether (sulfide) groups is 1. The Morgan fingerprint density at radius 1 is 1.26 bits per heavy atom. The van der Waals surface area contributed by atoms with Crippen LogP contribution >= 0.6 is 11.8 Å². The quantitative estimate of drug-likeness (QED) is 0.920. The summed E-state index contributed by atoms with van der Waals surface area (Å²) in [6.45, 7) is 2.19. The zero-order chi connectivity index (χ0) is 15.8. The highest BCUT2D eigenvalue weighted by molar-refractivity contribution is 7.98. The number of likely N-dealkylation sites (tertiary alicyclic amines) is 1. The molecule has 2 aliphatic rings. The topological polar surface area (TPSA) is 45.3 Å². The molecule has 1 saturated heterocycles. The van der Waals surface area contributed by atoms with E-state index in [1.807, 2.05) is 23.9 Å². The molecule has 122 valence electrons. The Morgan fingerprint density at radius 3 is 2.91 bits per heavy atom. The minimum absolute atomic E-state index is 0.0729. The van der Waals surface area contributed by atoms with E-state index in [9.17, 15) is 4.79 Å². The van der Waals surface area contributed by atoms with Crippen molar-refractivity contribution in [3.8, 4) is 5.75 Å². The van der Waals surface area contributed by atoms with Crippen molar-refractivity contribution < 1.29 is 4.74 Å². The fourth-order valence-corrected chi connectivity index (χ4v) is 4.54. The molecule has 2 aliphatic heterocycles. The maximum atomic E-state index is 12.2. The average molecular weight is 330 g/mol. The fourth-order valence-electron chi connectivity index (χ4n) is 3.53. The summed E-state index contributed by atoms with van der Waals surface area (Å²) in [5, 5.41) is 1.16. The summed E-state index contributed by atoms with van der Waals surface area (Å²) in [5.74, 6) is 2.84. The van der Waals surface area contributed by atoms with Crippen LogP contribution < -0.4 is 10.3 Å². The van der Waals surface area contributed by atoms with Crippen molar-refractivity contribution in [2.45, 2.75) is 31.1 Å². The zero-order valence-corrected chi connectivity index (χ0v) is 14.2. The van der Waals surface area contributed by atoms with Crippen LogP contribution in [-0.2, 0) is 12.2 Å². The van der Waals surface area contributed by atoms with Gasteiger partial charge in [0.25, 0.3) is 5.56 Å². The van der Waals surface area contributed by atoms with E-state index in [1.54, 1.807) is 0 Å². The van der Waals surface area contributed by atoms with Crippen LogP contribution in [0, 0.1) is 0 Å². The highest BCUT2D eigenvalue weighted by Crippen LogP contribution is 2.30. The maximum absolute atomic E-state index is 12.2. The van der Waals surface area contributed by atoms with Crippen LogP contribution in [0.3, 0.4) is 0 Å². The van der Waals surface area contributed by atoms with Crippen LogP contribution in [0.1, 0.15) is 24.0 Å². The predicted octanol–water partition coefficient (Wildman–Crippen LogP) is 2.79. The highest BCUT2D eigenvalue weighted by atomic mass is 32.2. The molecule has 1 aromatic carbocycles. The van der Waals surface area contributed by atoms with Crippen molar-refractivity contribution in [3.05, 3.63) is 39.7 Å². The molecule has 0 saturated carbocycles. The van der Waals surface area contributed by atoms with Crippen molar-refractivity contribution in [2.75, 3.05) is 25.9 Å². The molecule has 23 heavy (non-hydrogen) atoms. The second kappa shape index (κ2) is 6.21. The Hall–Kier alpha value is -1.46. The normalized spacial score (nSPS) is 19.7. The van der Waals surface area contributed by atoms with E-state index in [2.05, 4.69) is 23.0 Å². The number of aromatic amines is 1. The number of rotatable bonds is 2. The third-order valence-electron chi connectivity index (χ3n) is 4.91. The first-order valence-electron chi connectivity index (χ1n) is 8.31. The summed E-state index contributed by atoms with van der Waals surface area (Å²) in [7, 11) is 2.16. The van der Waals surface area contributed by atoms with Gasteiger partial charge in [0, 0.05) is 35.3 Å². The van der Waals surface area contributed by atoms with Crippen LogP contribution in [0.5, 0.6) is 5.75 Å². The van der Waals surface area contributed by atoms with E-state index < -0.39 is 0 Å². The molecule has 0 radical (unpaired) electrons. The van der Waals surface area contributed by atoms with Gasteiger partial charge in [0.15, 0.2) is 0 Å². The summed E-state index contributed by atoms with van der Waals surface area (Å²) in [6.07, 6.45) is 3.43. The number of hydrogen-bond acceptors (Lipinski definition) is 4. The van der Waals surface area contributed by atoms with Gasteiger partial charge >= 0.3 is 0 Å². The number of fused-ring (bicyclic) bond motifs is 3. The van der Waals surface area contributed by atoms with Crippen molar-refractivity contribution >= 4 is 22.7 Å². The van der Waals surface area contributed by atoms with E-state index in [0.717, 1.165) is 66.1 Å². The predicted molar refractivity (Wildman–Crippen MR) is 95.6 cm³/mol. The number of H-pyrrole nitrogens is 1. The molecule has 1 fully saturated rings. The lowest BCUT2D eigenvalue weighted by atomic mass is 10.0. The molecule has 1 aromatic heterocycles. The van der Waals surface area contributed by atoms with Crippen molar-refractivity contribution in [1.29, 1.82) is 0 Å². The Labute approximate surface area is 140 Å². The number of aromatic nitrogens is 1. The Balaban J connectivity index is 1.67. The summed E-state index contributed by atoms with van der Waals surface area (Å²) >= 11 is 1.84. The van der Waals surface area contributed by atoms with E-state index in [0.29, 0.717) is 6.10 Å². The lowest BCUT2D eigenvalue weighted by molar-refractivity contribution is 0.114. The van der Waals surface area contributed by atoms with Gasteiger partial charge < -0.3 is 14.6 Å². The third kappa shape index (κ3) is 3.00. The number of piperidine rings is 1. The van der Waals surface area contributed by atoms with Crippen LogP contribution in [0.4, 0.5) is 0 Å². The number of hydrogen-bond donors (Lipinski definition) is 1. The largest absolute Gasteiger partial charge is 0.490 e. The molecule has 3 heterocycles. The first-order valence-corrected chi connectivity index (χ1v) is 9.47. The van der Waals surface area contributed by atoms with Crippen molar-refractivity contribution in [1.82, 2.24) is 9.88 Å². The van der Waals surface area contributed by atoms with Crippen molar-refractivity contribution in [3.63, 3.8) is 0 Å². The molecule has 5 heteroatoms. The number of nitrogens with zero attached hydrogens (tertiary/aromatic N) is 1. The van der Waals surface area contributed by atoms with Gasteiger partial charge in [-0.25, -0.2) is 0 Å². The van der Waals surface area contributed by atoms with Gasteiger partial charge in [-0.3, -0.25) is 4.79 Å². The number of pyridine rings is 1. The lowest BCUT2D eigenvalue weighted by Gasteiger charge is -2.29. The summed E-state index contributed by atoms with van der Waals surface area (Å²) in [6, 6.07) is 6.10. The minimum Gasteiger partial charge on any atom is -0.490 e. The molecule has 0 unspecified atom stereocenters. The number of nitrogens with one attached hydrogen (secondary N) is 1. The molecule has 0 spiro atoms. The molecule has 0 amide bonds. The fraction of sp³-hybridized carbons (Fsp3) is 0.500. The maximum Gasteiger partial charge on any atom is 0.252 e. The summed E-state index contributed by atoms with van der Waals surface area (Å²) in [5.41, 5.74) is 3.17. The highest BCUT2D eigenvalue weighted by Gasteiger charge is 2.20. The summed E-state index contributed by atoms with van der Waals surface area (Å²) < 4.78 is 6.21. The van der Waals surface area contributed by atoms with Crippen molar-refractivity contribution in [2.24, 2.45) is 0 Å². The van der Waals surface area contributed by atoms with E-state index in [1.165, 1.54) is 5.56 Å². The van der Waals surface area contributed by atoms with Gasteiger partial charge in [-0.05, 0) is 55.8 Å². The SMILES string of the molecule is CN1CCC(Oc2ccc3[nH]c(=O)c4c(c3c2)CCSC4)CC1. The molecule has 0 aliphatic carbocycles. The molecule has 0 atom stereocenters. The van der Waals surface area contributed by atoms with Crippen LogP contribution in [0.25, 0.3) is 10.9 Å². The second-order valence-corrected chi connectivity index (χ2v) is 7.65. The lowest BCUT2D eigenvalue weighted by Crippen LogP contribution is -2.35. The molecule has 1 N–H and O–H groups in total. The molecular weight excluding hydrogens is 308 g/mol. The summed E-state index contributed by atoms with van der Waals surface area (Å²) in [4.78, 5) is 17.6. The third-order valence-corrected chi connectivity index (χ3v) is 5.90. The molecule has 4 nitrogen and oxygen atoms in total. The minimum atomic E-state index is 0.0729. The Bertz CT molecular complexity index is 778. The number of benzene rings is 1. The average Bonchev–Trinajstić information content (AvgIpc) is 2.58.